The van der Waals surface area contributed by atoms with Crippen LogP contribution in [0.3, 0.4) is 0 Å². The molecule has 2 heterocycles. The zero-order chi connectivity index (χ0) is 14.8. The van der Waals surface area contributed by atoms with E-state index in [0.29, 0.717) is 5.92 Å². The maximum absolute atomic E-state index is 12.5. The lowest BCUT2D eigenvalue weighted by molar-refractivity contribution is -0.122. The van der Waals surface area contributed by atoms with Crippen LogP contribution in [0.5, 0.6) is 0 Å². The summed E-state index contributed by atoms with van der Waals surface area (Å²) < 4.78 is 0. The highest BCUT2D eigenvalue weighted by molar-refractivity contribution is 5.96. The number of nitrogens with two attached hydrogens (primary N) is 1. The Morgan fingerprint density at radius 3 is 2.67 bits per heavy atom. The molecule has 0 bridgehead atoms. The number of hydrogen-bond acceptors (Lipinski definition) is 3. The van der Waals surface area contributed by atoms with Crippen molar-refractivity contribution < 1.29 is 4.79 Å². The van der Waals surface area contributed by atoms with Gasteiger partial charge in [-0.1, -0.05) is 18.2 Å². The van der Waals surface area contributed by atoms with E-state index in [9.17, 15) is 4.79 Å². The maximum atomic E-state index is 12.5. The lowest BCUT2D eigenvalue weighted by atomic mass is 9.89. The van der Waals surface area contributed by atoms with Gasteiger partial charge in [-0.15, -0.1) is 0 Å². The molecule has 0 aliphatic carbocycles. The predicted molar refractivity (Wildman–Crippen MR) is 85.1 cm³/mol. The fourth-order valence-electron chi connectivity index (χ4n) is 3.60. The molecule has 114 valence electrons. The molecular formula is C17H25N3O. The summed E-state index contributed by atoms with van der Waals surface area (Å²) in [6.45, 7) is 4.07. The van der Waals surface area contributed by atoms with Crippen molar-refractivity contribution in [1.82, 2.24) is 4.90 Å². The molecule has 2 aliphatic heterocycles. The molecule has 4 nitrogen and oxygen atoms in total. The second kappa shape index (κ2) is 6.16. The molecule has 2 unspecified atom stereocenters. The summed E-state index contributed by atoms with van der Waals surface area (Å²) in [5, 5.41) is 3.10. The number of carbonyl (C=O) groups is 1. The first kappa shape index (κ1) is 14.5. The number of para-hydroxylation sites is 1. The molecule has 3 rings (SSSR count). The van der Waals surface area contributed by atoms with Crippen LogP contribution < -0.4 is 11.1 Å². The number of nitrogens with one attached hydrogen (secondary N) is 1. The van der Waals surface area contributed by atoms with Gasteiger partial charge in [0, 0.05) is 11.7 Å². The van der Waals surface area contributed by atoms with Gasteiger partial charge in [-0.25, -0.2) is 0 Å². The minimum Gasteiger partial charge on any atom is -0.328 e. The average Bonchev–Trinajstić information content (AvgIpc) is 2.65. The number of hydrogen-bond donors (Lipinski definition) is 2. The standard InChI is InChI=1S/C17H25N3O/c1-12(18)13-8-10-20(11-9-13)16-7-6-14-4-2-3-5-15(14)19-17(16)21/h2-5,12-13,16H,6-11,18H2,1H3,(H,19,21). The monoisotopic (exact) mass is 287 g/mol. The van der Waals surface area contributed by atoms with E-state index in [1.807, 2.05) is 18.2 Å². The third kappa shape index (κ3) is 3.11. The second-order valence-electron chi connectivity index (χ2n) is 6.43. The minimum atomic E-state index is 0.00595. The fourth-order valence-corrected chi connectivity index (χ4v) is 3.60. The molecule has 0 aromatic heterocycles. The third-order valence-electron chi connectivity index (χ3n) is 5.02. The van der Waals surface area contributed by atoms with Gasteiger partial charge in [-0.2, -0.15) is 0 Å². The van der Waals surface area contributed by atoms with Crippen LogP contribution in [0.4, 0.5) is 5.69 Å². The Labute approximate surface area is 126 Å². The molecule has 0 saturated carbocycles. The van der Waals surface area contributed by atoms with Gasteiger partial charge in [0.2, 0.25) is 5.91 Å². The Morgan fingerprint density at radius 1 is 1.24 bits per heavy atom. The Hall–Kier alpha value is -1.39. The quantitative estimate of drug-likeness (QED) is 0.874. The number of fused-ring (bicyclic) bond motifs is 1. The van der Waals surface area contributed by atoms with Crippen molar-refractivity contribution in [3.8, 4) is 0 Å². The average molecular weight is 287 g/mol. The first-order valence-electron chi connectivity index (χ1n) is 8.03. The number of piperidine rings is 1. The van der Waals surface area contributed by atoms with Crippen molar-refractivity contribution in [2.45, 2.75) is 44.7 Å². The fraction of sp³-hybridized carbons (Fsp3) is 0.588. The Kier molecular flexibility index (Phi) is 4.27. The Balaban J connectivity index is 1.67. The smallest absolute Gasteiger partial charge is 0.241 e. The maximum Gasteiger partial charge on any atom is 0.241 e. The number of anilines is 1. The topological polar surface area (TPSA) is 58.4 Å². The highest BCUT2D eigenvalue weighted by Crippen LogP contribution is 2.27. The summed E-state index contributed by atoms with van der Waals surface area (Å²) >= 11 is 0. The molecule has 1 aromatic rings. The molecule has 0 spiro atoms. The van der Waals surface area contributed by atoms with E-state index in [1.165, 1.54) is 5.56 Å². The van der Waals surface area contributed by atoms with E-state index in [1.54, 1.807) is 0 Å². The zero-order valence-electron chi connectivity index (χ0n) is 12.7. The van der Waals surface area contributed by atoms with Gasteiger partial charge >= 0.3 is 0 Å². The zero-order valence-corrected chi connectivity index (χ0v) is 12.7. The summed E-state index contributed by atoms with van der Waals surface area (Å²) in [5.74, 6) is 0.756. The van der Waals surface area contributed by atoms with Gasteiger partial charge in [0.1, 0.15) is 0 Å². The van der Waals surface area contributed by atoms with E-state index in [-0.39, 0.29) is 18.0 Å². The summed E-state index contributed by atoms with van der Waals surface area (Å²) in [6, 6.07) is 8.40. The van der Waals surface area contributed by atoms with Gasteiger partial charge < -0.3 is 11.1 Å². The number of nitrogens with zero attached hydrogens (tertiary/aromatic N) is 1. The van der Waals surface area contributed by atoms with E-state index < -0.39 is 0 Å². The minimum absolute atomic E-state index is 0.00595. The van der Waals surface area contributed by atoms with Crippen molar-refractivity contribution in [2.75, 3.05) is 18.4 Å². The summed E-state index contributed by atoms with van der Waals surface area (Å²) in [5.41, 5.74) is 8.23. The summed E-state index contributed by atoms with van der Waals surface area (Å²) in [6.07, 6.45) is 4.08. The SMILES string of the molecule is CC(N)C1CCN(C2CCc3ccccc3NC2=O)CC1. The molecule has 0 radical (unpaired) electrons. The van der Waals surface area contributed by atoms with Crippen molar-refractivity contribution >= 4 is 11.6 Å². The van der Waals surface area contributed by atoms with Crippen LogP contribution in [0.2, 0.25) is 0 Å². The Morgan fingerprint density at radius 2 is 1.95 bits per heavy atom. The van der Waals surface area contributed by atoms with Crippen LogP contribution >= 0.6 is 0 Å². The van der Waals surface area contributed by atoms with Crippen molar-refractivity contribution in [3.05, 3.63) is 29.8 Å². The van der Waals surface area contributed by atoms with Gasteiger partial charge in [0.05, 0.1) is 6.04 Å². The van der Waals surface area contributed by atoms with E-state index in [0.717, 1.165) is 44.5 Å². The second-order valence-corrected chi connectivity index (χ2v) is 6.43. The molecule has 1 amide bonds. The lowest BCUT2D eigenvalue weighted by Gasteiger charge is -2.37. The number of amides is 1. The molecule has 4 heteroatoms. The van der Waals surface area contributed by atoms with Crippen molar-refractivity contribution in [1.29, 1.82) is 0 Å². The van der Waals surface area contributed by atoms with Crippen LogP contribution in [0.25, 0.3) is 0 Å². The van der Waals surface area contributed by atoms with Crippen LogP contribution in [-0.4, -0.2) is 36.0 Å². The normalized spacial score (nSPS) is 25.8. The van der Waals surface area contributed by atoms with Gasteiger partial charge in [0.25, 0.3) is 0 Å². The lowest BCUT2D eigenvalue weighted by Crippen LogP contribution is -2.49. The van der Waals surface area contributed by atoms with E-state index in [4.69, 9.17) is 5.73 Å². The first-order valence-corrected chi connectivity index (χ1v) is 8.03. The van der Waals surface area contributed by atoms with E-state index >= 15 is 0 Å². The summed E-state index contributed by atoms with van der Waals surface area (Å²) in [7, 11) is 0. The molecule has 1 aromatic carbocycles. The van der Waals surface area contributed by atoms with Crippen LogP contribution in [0.1, 0.15) is 31.7 Å². The van der Waals surface area contributed by atoms with Crippen LogP contribution in [0.15, 0.2) is 24.3 Å². The van der Waals surface area contributed by atoms with Crippen molar-refractivity contribution in [3.63, 3.8) is 0 Å². The largest absolute Gasteiger partial charge is 0.328 e. The highest BCUT2D eigenvalue weighted by atomic mass is 16.2. The molecule has 1 fully saturated rings. The van der Waals surface area contributed by atoms with Gasteiger partial charge in [-0.05, 0) is 63.2 Å². The molecule has 2 atom stereocenters. The predicted octanol–water partition coefficient (Wildman–Crippen LogP) is 2.00. The molecular weight excluding hydrogens is 262 g/mol. The number of benzene rings is 1. The van der Waals surface area contributed by atoms with Gasteiger partial charge in [0.15, 0.2) is 0 Å². The third-order valence-corrected chi connectivity index (χ3v) is 5.02. The first-order chi connectivity index (χ1) is 10.1. The molecule has 2 aliphatic rings. The van der Waals surface area contributed by atoms with Crippen LogP contribution in [0, 0.1) is 5.92 Å². The number of likely N-dealkylation sites (tertiary alicyclic amines) is 1. The number of rotatable bonds is 2. The van der Waals surface area contributed by atoms with Crippen molar-refractivity contribution in [2.24, 2.45) is 11.7 Å². The highest BCUT2D eigenvalue weighted by Gasteiger charge is 2.32. The summed E-state index contributed by atoms with van der Waals surface area (Å²) in [4.78, 5) is 14.9. The molecule has 21 heavy (non-hydrogen) atoms. The molecule has 1 saturated heterocycles. The van der Waals surface area contributed by atoms with Gasteiger partial charge in [-0.3, -0.25) is 9.69 Å². The Bertz CT molecular complexity index is 507. The number of aryl methyl sites for hydroxylation is 1. The molecule has 3 N–H and O–H groups in total. The number of carbonyl (C=O) groups excluding carboxylic acids is 1. The van der Waals surface area contributed by atoms with Crippen LogP contribution in [-0.2, 0) is 11.2 Å². The van der Waals surface area contributed by atoms with E-state index in [2.05, 4.69) is 23.2 Å².